The van der Waals surface area contributed by atoms with Gasteiger partial charge < -0.3 is 15.0 Å². The van der Waals surface area contributed by atoms with Gasteiger partial charge in [-0.05, 0) is 53.5 Å². The predicted molar refractivity (Wildman–Crippen MR) is 102 cm³/mol. The first-order valence-electron chi connectivity index (χ1n) is 8.55. The zero-order valence-corrected chi connectivity index (χ0v) is 15.0. The fraction of sp³-hybridized carbons (Fsp3) is 0.238. The van der Waals surface area contributed by atoms with Crippen molar-refractivity contribution in [3.05, 3.63) is 65.2 Å². The highest BCUT2D eigenvalue weighted by Gasteiger charge is 2.19. The third kappa shape index (κ3) is 4.30. The Balaban J connectivity index is 1.64. The zero-order chi connectivity index (χ0) is 18.5. The first kappa shape index (κ1) is 17.7. The number of anilines is 1. The van der Waals surface area contributed by atoms with Crippen LogP contribution >= 0.6 is 0 Å². The molecule has 0 unspecified atom stereocenters. The standard InChI is InChI=1S/C21H22N2O3/c1-15(24)22-19-7-3-16(4-8-19)5-10-21(25)23-12-11-17-6-9-20(26-2)13-18(17)14-23/h3-10,13H,11-12,14H2,1-2H3,(H,22,24)/b10-5+. The van der Waals surface area contributed by atoms with E-state index in [1.165, 1.54) is 12.5 Å². The normalized spacial score (nSPS) is 13.4. The van der Waals surface area contributed by atoms with Crippen LogP contribution in [0, 0.1) is 0 Å². The molecular weight excluding hydrogens is 328 g/mol. The van der Waals surface area contributed by atoms with E-state index >= 15 is 0 Å². The number of hydrogen-bond donors (Lipinski definition) is 1. The third-order valence-corrected chi connectivity index (χ3v) is 4.39. The van der Waals surface area contributed by atoms with Gasteiger partial charge in [0.1, 0.15) is 5.75 Å². The number of carbonyl (C=O) groups is 2. The van der Waals surface area contributed by atoms with E-state index in [-0.39, 0.29) is 11.8 Å². The largest absolute Gasteiger partial charge is 0.497 e. The lowest BCUT2D eigenvalue weighted by Crippen LogP contribution is -2.34. The molecule has 0 aromatic heterocycles. The molecule has 3 rings (SSSR count). The Morgan fingerprint density at radius 3 is 2.58 bits per heavy atom. The molecule has 1 N–H and O–H groups in total. The molecule has 2 aromatic rings. The lowest BCUT2D eigenvalue weighted by atomic mass is 9.99. The van der Waals surface area contributed by atoms with E-state index in [9.17, 15) is 9.59 Å². The highest BCUT2D eigenvalue weighted by Crippen LogP contribution is 2.24. The molecule has 134 valence electrons. The summed E-state index contributed by atoms with van der Waals surface area (Å²) in [6.45, 7) is 2.78. The Labute approximate surface area is 153 Å². The summed E-state index contributed by atoms with van der Waals surface area (Å²) in [5, 5.41) is 2.72. The molecule has 0 saturated carbocycles. The number of benzene rings is 2. The van der Waals surface area contributed by atoms with Crippen LogP contribution in [0.25, 0.3) is 6.08 Å². The lowest BCUT2D eigenvalue weighted by Gasteiger charge is -2.28. The van der Waals surface area contributed by atoms with Crippen LogP contribution in [-0.4, -0.2) is 30.4 Å². The van der Waals surface area contributed by atoms with Crippen molar-refractivity contribution in [3.63, 3.8) is 0 Å². The molecule has 2 amide bonds. The molecule has 0 aliphatic carbocycles. The third-order valence-electron chi connectivity index (χ3n) is 4.39. The van der Waals surface area contributed by atoms with E-state index in [2.05, 4.69) is 11.4 Å². The monoisotopic (exact) mass is 350 g/mol. The predicted octanol–water partition coefficient (Wildman–Crippen LogP) is 3.25. The Hall–Kier alpha value is -3.08. The van der Waals surface area contributed by atoms with Gasteiger partial charge in [0, 0.05) is 31.8 Å². The summed E-state index contributed by atoms with van der Waals surface area (Å²) >= 11 is 0. The van der Waals surface area contributed by atoms with Gasteiger partial charge in [0.25, 0.3) is 0 Å². The number of hydrogen-bond acceptors (Lipinski definition) is 3. The molecule has 5 heteroatoms. The summed E-state index contributed by atoms with van der Waals surface area (Å²) in [6, 6.07) is 13.4. The van der Waals surface area contributed by atoms with Crippen molar-refractivity contribution >= 4 is 23.6 Å². The van der Waals surface area contributed by atoms with Crippen LogP contribution in [0.3, 0.4) is 0 Å². The Morgan fingerprint density at radius 2 is 1.88 bits per heavy atom. The summed E-state index contributed by atoms with van der Waals surface area (Å²) < 4.78 is 5.27. The molecule has 1 heterocycles. The van der Waals surface area contributed by atoms with E-state index in [4.69, 9.17) is 4.74 Å². The van der Waals surface area contributed by atoms with Crippen LogP contribution in [0.2, 0.25) is 0 Å². The van der Waals surface area contributed by atoms with Crippen molar-refractivity contribution in [3.8, 4) is 5.75 Å². The van der Waals surface area contributed by atoms with Crippen LogP contribution in [0.1, 0.15) is 23.6 Å². The van der Waals surface area contributed by atoms with Crippen molar-refractivity contribution in [1.82, 2.24) is 4.90 Å². The fourth-order valence-electron chi connectivity index (χ4n) is 3.00. The molecule has 5 nitrogen and oxygen atoms in total. The molecule has 1 aliphatic rings. The number of methoxy groups -OCH3 is 1. The Morgan fingerprint density at radius 1 is 1.12 bits per heavy atom. The highest BCUT2D eigenvalue weighted by molar-refractivity contribution is 5.92. The SMILES string of the molecule is COc1ccc2c(c1)CN(C(=O)/C=C/c1ccc(NC(C)=O)cc1)CC2. The molecule has 0 fully saturated rings. The molecule has 26 heavy (non-hydrogen) atoms. The van der Waals surface area contributed by atoms with Gasteiger partial charge in [-0.1, -0.05) is 18.2 Å². The maximum absolute atomic E-state index is 12.5. The van der Waals surface area contributed by atoms with Crippen LogP contribution in [0.15, 0.2) is 48.5 Å². The second kappa shape index (κ2) is 7.87. The van der Waals surface area contributed by atoms with Crippen LogP contribution in [-0.2, 0) is 22.6 Å². The minimum atomic E-state index is -0.106. The zero-order valence-electron chi connectivity index (χ0n) is 15.0. The number of rotatable bonds is 4. The minimum absolute atomic E-state index is 0.00981. The van der Waals surface area contributed by atoms with Gasteiger partial charge in [-0.3, -0.25) is 9.59 Å². The molecule has 0 bridgehead atoms. The van der Waals surface area contributed by atoms with Crippen molar-refractivity contribution in [2.75, 3.05) is 19.0 Å². The van der Waals surface area contributed by atoms with Crippen LogP contribution < -0.4 is 10.1 Å². The topological polar surface area (TPSA) is 58.6 Å². The smallest absolute Gasteiger partial charge is 0.246 e. The number of amides is 2. The van der Waals surface area contributed by atoms with E-state index in [1.807, 2.05) is 41.3 Å². The first-order valence-corrected chi connectivity index (χ1v) is 8.55. The molecule has 0 spiro atoms. The van der Waals surface area contributed by atoms with E-state index in [1.54, 1.807) is 19.3 Å². The Bertz CT molecular complexity index is 841. The number of nitrogens with zero attached hydrogens (tertiary/aromatic N) is 1. The molecule has 2 aromatic carbocycles. The van der Waals surface area contributed by atoms with Gasteiger partial charge in [-0.25, -0.2) is 0 Å². The summed E-state index contributed by atoms with van der Waals surface area (Å²) in [5.41, 5.74) is 4.05. The second-order valence-electron chi connectivity index (χ2n) is 6.28. The summed E-state index contributed by atoms with van der Waals surface area (Å²) in [4.78, 5) is 25.4. The second-order valence-corrected chi connectivity index (χ2v) is 6.28. The quantitative estimate of drug-likeness (QED) is 0.861. The lowest BCUT2D eigenvalue weighted by molar-refractivity contribution is -0.126. The number of fused-ring (bicyclic) bond motifs is 1. The molecular formula is C21H22N2O3. The maximum atomic E-state index is 12.5. The van der Waals surface area contributed by atoms with E-state index < -0.39 is 0 Å². The minimum Gasteiger partial charge on any atom is -0.497 e. The summed E-state index contributed by atoms with van der Waals surface area (Å²) in [5.74, 6) is 0.697. The Kier molecular flexibility index (Phi) is 5.37. The van der Waals surface area contributed by atoms with Crippen molar-refractivity contribution in [1.29, 1.82) is 0 Å². The van der Waals surface area contributed by atoms with Gasteiger partial charge in [0.15, 0.2) is 0 Å². The maximum Gasteiger partial charge on any atom is 0.246 e. The van der Waals surface area contributed by atoms with Crippen LogP contribution in [0.4, 0.5) is 5.69 Å². The number of ether oxygens (including phenoxy) is 1. The molecule has 0 radical (unpaired) electrons. The number of carbonyl (C=O) groups excluding carboxylic acids is 2. The van der Waals surface area contributed by atoms with Crippen molar-refractivity contribution < 1.29 is 14.3 Å². The summed E-state index contributed by atoms with van der Waals surface area (Å²) in [6.07, 6.45) is 4.24. The van der Waals surface area contributed by atoms with Gasteiger partial charge >= 0.3 is 0 Å². The highest BCUT2D eigenvalue weighted by atomic mass is 16.5. The van der Waals surface area contributed by atoms with E-state index in [0.29, 0.717) is 13.1 Å². The number of nitrogens with one attached hydrogen (secondary N) is 1. The van der Waals surface area contributed by atoms with Crippen molar-refractivity contribution in [2.45, 2.75) is 19.9 Å². The average Bonchev–Trinajstić information content (AvgIpc) is 2.65. The average molecular weight is 350 g/mol. The summed E-state index contributed by atoms with van der Waals surface area (Å²) in [7, 11) is 1.65. The van der Waals surface area contributed by atoms with Gasteiger partial charge in [-0.15, -0.1) is 0 Å². The fourth-order valence-corrected chi connectivity index (χ4v) is 3.00. The van der Waals surface area contributed by atoms with Gasteiger partial charge in [0.05, 0.1) is 7.11 Å². The first-order chi connectivity index (χ1) is 12.5. The molecule has 1 aliphatic heterocycles. The van der Waals surface area contributed by atoms with Crippen LogP contribution in [0.5, 0.6) is 5.75 Å². The van der Waals surface area contributed by atoms with Gasteiger partial charge in [0.2, 0.25) is 11.8 Å². The van der Waals surface area contributed by atoms with E-state index in [0.717, 1.165) is 29.0 Å². The van der Waals surface area contributed by atoms with Gasteiger partial charge in [-0.2, -0.15) is 0 Å². The molecule has 0 saturated heterocycles. The molecule has 0 atom stereocenters. The van der Waals surface area contributed by atoms with Crippen molar-refractivity contribution in [2.24, 2.45) is 0 Å².